The second-order valence-corrected chi connectivity index (χ2v) is 5.50. The molecule has 21 heavy (non-hydrogen) atoms. The molecule has 0 aliphatic carbocycles. The van der Waals surface area contributed by atoms with Gasteiger partial charge in [0, 0.05) is 32.2 Å². The van der Waals surface area contributed by atoms with Crippen molar-refractivity contribution in [2.45, 2.75) is 19.1 Å². The molecule has 1 heterocycles. The average molecular weight is 311 g/mol. The predicted molar refractivity (Wildman–Crippen MR) is 80.8 cm³/mol. The normalized spacial score (nSPS) is 18.3. The first-order chi connectivity index (χ1) is 9.95. The molecule has 0 bridgehead atoms. The van der Waals surface area contributed by atoms with Crippen LogP contribution in [-0.2, 0) is 17.9 Å². The third-order valence-electron chi connectivity index (χ3n) is 3.72. The highest BCUT2D eigenvalue weighted by atomic mass is 35.5. The fraction of sp³-hybridized carbons (Fsp3) is 0.429. The Morgan fingerprint density at radius 2 is 2.19 bits per heavy atom. The summed E-state index contributed by atoms with van der Waals surface area (Å²) in [6.07, 6.45) is 0. The smallest absolute Gasteiger partial charge is 0.320 e. The van der Waals surface area contributed by atoms with Gasteiger partial charge < -0.3 is 20.9 Å². The quantitative estimate of drug-likeness (QED) is 0.862. The Morgan fingerprint density at radius 3 is 2.76 bits per heavy atom. The first-order valence-corrected chi connectivity index (χ1v) is 7.05. The van der Waals surface area contributed by atoms with Crippen molar-refractivity contribution in [3.63, 3.8) is 0 Å². The Labute approximate surface area is 128 Å². The van der Waals surface area contributed by atoms with Gasteiger partial charge in [-0.15, -0.1) is 0 Å². The number of likely N-dealkylation sites (N-methyl/N-ethyl adjacent to an activating group) is 2. The van der Waals surface area contributed by atoms with Crippen molar-refractivity contribution in [2.75, 3.05) is 20.6 Å². The number of nitrogens with two attached hydrogens (primary N) is 1. The number of carbonyl (C=O) groups excluding carboxylic acids is 2. The minimum Gasteiger partial charge on any atom is -0.350 e. The van der Waals surface area contributed by atoms with Crippen LogP contribution < -0.4 is 11.1 Å². The summed E-state index contributed by atoms with van der Waals surface area (Å²) in [5, 5.41) is 3.44. The van der Waals surface area contributed by atoms with Gasteiger partial charge in [-0.1, -0.05) is 23.7 Å². The van der Waals surface area contributed by atoms with Gasteiger partial charge in [-0.25, -0.2) is 4.79 Å². The van der Waals surface area contributed by atoms with Crippen molar-refractivity contribution in [1.82, 2.24) is 15.1 Å². The van der Waals surface area contributed by atoms with Gasteiger partial charge in [-0.3, -0.25) is 4.79 Å². The maximum absolute atomic E-state index is 12.2. The highest BCUT2D eigenvalue weighted by molar-refractivity contribution is 6.31. The fourth-order valence-corrected chi connectivity index (χ4v) is 2.69. The first-order valence-electron chi connectivity index (χ1n) is 6.67. The molecular formula is C14H19ClN4O2. The van der Waals surface area contributed by atoms with Crippen LogP contribution in [0.25, 0.3) is 0 Å². The lowest BCUT2D eigenvalue weighted by molar-refractivity contribution is -0.124. The standard InChI is InChI=1S/C14H19ClN4O2/c1-18-8-12(19(2)14(18)21)13(20)17-7-9-4-3-5-11(15)10(9)6-16/h3-5,12H,6-8,16H2,1-2H3,(H,17,20). The minimum absolute atomic E-state index is 0.152. The Hall–Kier alpha value is -1.79. The fourth-order valence-electron chi connectivity index (χ4n) is 2.42. The molecule has 1 saturated heterocycles. The summed E-state index contributed by atoms with van der Waals surface area (Å²) in [5.41, 5.74) is 7.40. The lowest BCUT2D eigenvalue weighted by Crippen LogP contribution is -2.43. The lowest BCUT2D eigenvalue weighted by Gasteiger charge is -2.18. The van der Waals surface area contributed by atoms with E-state index in [1.54, 1.807) is 20.2 Å². The van der Waals surface area contributed by atoms with Gasteiger partial charge in [-0.05, 0) is 17.2 Å². The Morgan fingerprint density at radius 1 is 1.48 bits per heavy atom. The van der Waals surface area contributed by atoms with Gasteiger partial charge in [0.25, 0.3) is 0 Å². The molecule has 1 aliphatic rings. The van der Waals surface area contributed by atoms with Crippen molar-refractivity contribution in [2.24, 2.45) is 5.73 Å². The number of urea groups is 1. The van der Waals surface area contributed by atoms with Crippen LogP contribution in [0.3, 0.4) is 0 Å². The van der Waals surface area contributed by atoms with E-state index in [2.05, 4.69) is 5.32 Å². The molecule has 0 radical (unpaired) electrons. The van der Waals surface area contributed by atoms with Gasteiger partial charge >= 0.3 is 6.03 Å². The summed E-state index contributed by atoms with van der Waals surface area (Å²) in [5.74, 6) is -0.182. The van der Waals surface area contributed by atoms with E-state index >= 15 is 0 Å². The number of nitrogens with one attached hydrogen (secondary N) is 1. The minimum atomic E-state index is -0.469. The number of hydrogen-bond acceptors (Lipinski definition) is 3. The van der Waals surface area contributed by atoms with E-state index < -0.39 is 6.04 Å². The zero-order valence-corrected chi connectivity index (χ0v) is 12.9. The molecule has 0 spiro atoms. The van der Waals surface area contributed by atoms with Crippen molar-refractivity contribution in [1.29, 1.82) is 0 Å². The Balaban J connectivity index is 2.02. The lowest BCUT2D eigenvalue weighted by atomic mass is 10.1. The third-order valence-corrected chi connectivity index (χ3v) is 4.07. The molecule has 3 N–H and O–H groups in total. The third kappa shape index (κ3) is 3.11. The summed E-state index contributed by atoms with van der Waals surface area (Å²) in [6, 6.07) is 4.85. The highest BCUT2D eigenvalue weighted by Gasteiger charge is 2.36. The van der Waals surface area contributed by atoms with Crippen molar-refractivity contribution < 1.29 is 9.59 Å². The van der Waals surface area contributed by atoms with E-state index in [4.69, 9.17) is 17.3 Å². The van der Waals surface area contributed by atoms with Crippen LogP contribution in [0.4, 0.5) is 4.79 Å². The van der Waals surface area contributed by atoms with Crippen molar-refractivity contribution >= 4 is 23.5 Å². The monoisotopic (exact) mass is 310 g/mol. The molecule has 1 fully saturated rings. The second kappa shape index (κ2) is 6.32. The maximum Gasteiger partial charge on any atom is 0.320 e. The molecule has 3 amide bonds. The molecule has 1 aliphatic heterocycles. The molecule has 1 aromatic rings. The number of amides is 3. The molecule has 7 heteroatoms. The number of benzene rings is 1. The summed E-state index contributed by atoms with van der Waals surface area (Å²) >= 11 is 6.08. The second-order valence-electron chi connectivity index (χ2n) is 5.09. The van der Waals surface area contributed by atoms with Crippen LogP contribution in [0.2, 0.25) is 5.02 Å². The Bertz CT molecular complexity index is 564. The van der Waals surface area contributed by atoms with Crippen LogP contribution in [-0.4, -0.2) is 48.4 Å². The van der Waals surface area contributed by atoms with E-state index in [1.807, 2.05) is 12.1 Å². The van der Waals surface area contributed by atoms with E-state index in [1.165, 1.54) is 9.80 Å². The van der Waals surface area contributed by atoms with E-state index in [-0.39, 0.29) is 11.9 Å². The summed E-state index contributed by atoms with van der Waals surface area (Å²) in [7, 11) is 3.30. The van der Waals surface area contributed by atoms with Crippen LogP contribution in [0, 0.1) is 0 Å². The van der Waals surface area contributed by atoms with Gasteiger partial charge in [0.05, 0.1) is 6.54 Å². The number of hydrogen-bond donors (Lipinski definition) is 2. The molecule has 6 nitrogen and oxygen atoms in total. The van der Waals surface area contributed by atoms with E-state index in [9.17, 15) is 9.59 Å². The summed E-state index contributed by atoms with van der Waals surface area (Å²) in [6.45, 7) is 1.05. The maximum atomic E-state index is 12.2. The number of halogens is 1. The average Bonchev–Trinajstić information content (AvgIpc) is 2.72. The molecule has 0 aromatic heterocycles. The SMILES string of the molecule is CN1CC(C(=O)NCc2cccc(Cl)c2CN)N(C)C1=O. The largest absolute Gasteiger partial charge is 0.350 e. The predicted octanol–water partition coefficient (Wildman–Crippen LogP) is 0.781. The van der Waals surface area contributed by atoms with Crippen molar-refractivity contribution in [3.05, 3.63) is 34.3 Å². The van der Waals surface area contributed by atoms with Gasteiger partial charge in [0.1, 0.15) is 6.04 Å². The molecule has 2 rings (SSSR count). The molecular weight excluding hydrogens is 292 g/mol. The van der Waals surface area contributed by atoms with Gasteiger partial charge in [0.2, 0.25) is 5.91 Å². The zero-order valence-electron chi connectivity index (χ0n) is 12.1. The zero-order chi connectivity index (χ0) is 15.6. The van der Waals surface area contributed by atoms with E-state index in [0.29, 0.717) is 24.7 Å². The van der Waals surface area contributed by atoms with Gasteiger partial charge in [-0.2, -0.15) is 0 Å². The van der Waals surface area contributed by atoms with Crippen LogP contribution in [0.5, 0.6) is 0 Å². The summed E-state index contributed by atoms with van der Waals surface area (Å²) < 4.78 is 0. The molecule has 0 saturated carbocycles. The van der Waals surface area contributed by atoms with Crippen LogP contribution in [0.1, 0.15) is 11.1 Å². The number of rotatable bonds is 4. The number of carbonyl (C=O) groups is 2. The molecule has 1 unspecified atom stereocenters. The highest BCUT2D eigenvalue weighted by Crippen LogP contribution is 2.19. The van der Waals surface area contributed by atoms with E-state index in [0.717, 1.165) is 11.1 Å². The molecule has 1 aromatic carbocycles. The van der Waals surface area contributed by atoms with Crippen molar-refractivity contribution in [3.8, 4) is 0 Å². The molecule has 1 atom stereocenters. The van der Waals surface area contributed by atoms with Crippen LogP contribution >= 0.6 is 11.6 Å². The first kappa shape index (κ1) is 15.6. The van der Waals surface area contributed by atoms with Crippen LogP contribution in [0.15, 0.2) is 18.2 Å². The summed E-state index contributed by atoms with van der Waals surface area (Å²) in [4.78, 5) is 26.9. The topological polar surface area (TPSA) is 78.7 Å². The Kier molecular flexibility index (Phi) is 4.69. The molecule has 114 valence electrons. The van der Waals surface area contributed by atoms with Gasteiger partial charge in [0.15, 0.2) is 0 Å². The number of nitrogens with zero attached hydrogens (tertiary/aromatic N) is 2.